The first-order valence-corrected chi connectivity index (χ1v) is 6.67. The lowest BCUT2D eigenvalue weighted by atomic mass is 10.2. The highest BCUT2D eigenvalue weighted by molar-refractivity contribution is 5.85. The van der Waals surface area contributed by atoms with Crippen LogP contribution in [0.2, 0.25) is 0 Å². The number of methoxy groups -OCH3 is 2. The van der Waals surface area contributed by atoms with E-state index in [2.05, 4.69) is 4.98 Å². The molecule has 2 rings (SSSR count). The number of nitrogens with zero attached hydrogens (tertiary/aromatic N) is 2. The number of carboxylic acid groups (broad SMARTS) is 1. The lowest BCUT2D eigenvalue weighted by Gasteiger charge is -2.19. The topological polar surface area (TPSA) is 71.9 Å². The fourth-order valence-electron chi connectivity index (χ4n) is 2.07. The molecule has 2 aromatic rings. The van der Waals surface area contributed by atoms with Gasteiger partial charge in [-0.15, -0.1) is 0 Å². The molecule has 0 spiro atoms. The molecule has 0 amide bonds. The van der Waals surface area contributed by atoms with Crippen molar-refractivity contribution in [3.05, 3.63) is 47.7 Å². The maximum absolute atomic E-state index is 11.0. The summed E-state index contributed by atoms with van der Waals surface area (Å²) in [5, 5.41) is 9.00. The molecule has 0 bridgehead atoms. The van der Waals surface area contributed by atoms with E-state index in [4.69, 9.17) is 14.6 Å². The van der Waals surface area contributed by atoms with Crippen LogP contribution in [0.1, 0.15) is 16.1 Å². The third-order valence-corrected chi connectivity index (χ3v) is 3.18. The van der Waals surface area contributed by atoms with Crippen LogP contribution >= 0.6 is 0 Å². The van der Waals surface area contributed by atoms with Crippen LogP contribution < -0.4 is 14.4 Å². The number of hydrogen-bond acceptors (Lipinski definition) is 5. The zero-order chi connectivity index (χ0) is 16.1. The Bertz CT molecular complexity index is 651. The van der Waals surface area contributed by atoms with Gasteiger partial charge in [-0.3, -0.25) is 0 Å². The molecule has 0 radical (unpaired) electrons. The number of carbonyl (C=O) groups is 1. The highest BCUT2D eigenvalue weighted by Gasteiger charge is 2.10. The highest BCUT2D eigenvalue weighted by Crippen LogP contribution is 2.24. The maximum atomic E-state index is 11.0. The molecule has 0 saturated heterocycles. The monoisotopic (exact) mass is 302 g/mol. The van der Waals surface area contributed by atoms with Crippen LogP contribution in [0.5, 0.6) is 11.5 Å². The fraction of sp³-hybridized carbons (Fsp3) is 0.250. The Morgan fingerprint density at radius 2 is 1.82 bits per heavy atom. The van der Waals surface area contributed by atoms with Crippen molar-refractivity contribution in [1.29, 1.82) is 0 Å². The van der Waals surface area contributed by atoms with E-state index in [9.17, 15) is 4.79 Å². The zero-order valence-corrected chi connectivity index (χ0v) is 12.7. The molecule has 1 aromatic heterocycles. The molecule has 1 heterocycles. The molecule has 6 heteroatoms. The Morgan fingerprint density at radius 3 is 2.36 bits per heavy atom. The van der Waals surface area contributed by atoms with Crippen molar-refractivity contribution in [2.24, 2.45) is 0 Å². The van der Waals surface area contributed by atoms with E-state index >= 15 is 0 Å². The highest BCUT2D eigenvalue weighted by atomic mass is 16.5. The largest absolute Gasteiger partial charge is 0.497 e. The minimum absolute atomic E-state index is 0.0209. The van der Waals surface area contributed by atoms with Gasteiger partial charge in [0.2, 0.25) is 0 Å². The summed E-state index contributed by atoms with van der Waals surface area (Å²) in [4.78, 5) is 17.0. The van der Waals surface area contributed by atoms with Crippen molar-refractivity contribution in [1.82, 2.24) is 4.98 Å². The van der Waals surface area contributed by atoms with Crippen LogP contribution in [0.25, 0.3) is 0 Å². The summed E-state index contributed by atoms with van der Waals surface area (Å²) in [5.41, 5.74) is 0.994. The van der Waals surface area contributed by atoms with Gasteiger partial charge < -0.3 is 19.5 Å². The van der Waals surface area contributed by atoms with Crippen LogP contribution in [-0.4, -0.2) is 37.3 Å². The van der Waals surface area contributed by atoms with Gasteiger partial charge in [0.25, 0.3) is 0 Å². The first-order valence-electron chi connectivity index (χ1n) is 6.67. The van der Waals surface area contributed by atoms with Gasteiger partial charge in [0.1, 0.15) is 17.3 Å². The predicted octanol–water partition coefficient (Wildman–Crippen LogP) is 2.43. The second-order valence-electron chi connectivity index (χ2n) is 4.76. The van der Waals surface area contributed by atoms with E-state index in [1.165, 1.54) is 6.07 Å². The van der Waals surface area contributed by atoms with Gasteiger partial charge in [-0.2, -0.15) is 0 Å². The summed E-state index contributed by atoms with van der Waals surface area (Å²) in [6.45, 7) is 0.545. The number of anilines is 1. The molecule has 1 aromatic carbocycles. The van der Waals surface area contributed by atoms with E-state index in [1.807, 2.05) is 24.1 Å². The minimum Gasteiger partial charge on any atom is -0.497 e. The Labute approximate surface area is 128 Å². The van der Waals surface area contributed by atoms with Crippen molar-refractivity contribution in [3.63, 3.8) is 0 Å². The zero-order valence-electron chi connectivity index (χ0n) is 12.7. The Morgan fingerprint density at radius 1 is 1.18 bits per heavy atom. The summed E-state index contributed by atoms with van der Waals surface area (Å²) in [6, 6.07) is 10.5. The maximum Gasteiger partial charge on any atom is 0.354 e. The van der Waals surface area contributed by atoms with Crippen LogP contribution in [0, 0.1) is 0 Å². The van der Waals surface area contributed by atoms with Gasteiger partial charge in [0, 0.05) is 19.7 Å². The average Bonchev–Trinajstić information content (AvgIpc) is 2.54. The lowest BCUT2D eigenvalue weighted by molar-refractivity contribution is 0.0690. The van der Waals surface area contributed by atoms with Gasteiger partial charge in [0.15, 0.2) is 5.69 Å². The molecule has 0 atom stereocenters. The molecule has 6 nitrogen and oxygen atoms in total. The Hall–Kier alpha value is -2.76. The molecule has 0 aliphatic heterocycles. The third kappa shape index (κ3) is 3.66. The summed E-state index contributed by atoms with van der Waals surface area (Å²) >= 11 is 0. The number of carboxylic acids is 1. The van der Waals surface area contributed by atoms with Gasteiger partial charge in [-0.25, -0.2) is 9.78 Å². The summed E-state index contributed by atoms with van der Waals surface area (Å²) in [7, 11) is 5.04. The average molecular weight is 302 g/mol. The number of pyridine rings is 1. The molecule has 0 fully saturated rings. The first-order chi connectivity index (χ1) is 10.5. The number of rotatable bonds is 6. The van der Waals surface area contributed by atoms with Crippen molar-refractivity contribution in [2.75, 3.05) is 26.2 Å². The van der Waals surface area contributed by atoms with Crippen molar-refractivity contribution < 1.29 is 19.4 Å². The van der Waals surface area contributed by atoms with E-state index in [0.717, 1.165) is 5.56 Å². The van der Waals surface area contributed by atoms with Gasteiger partial charge in [-0.1, -0.05) is 6.07 Å². The van der Waals surface area contributed by atoms with Crippen molar-refractivity contribution in [2.45, 2.75) is 6.54 Å². The number of benzene rings is 1. The SMILES string of the molecule is COc1cc(CN(C)c2cccc(C(=O)O)n2)cc(OC)c1. The second kappa shape index (κ2) is 6.80. The standard InChI is InChI=1S/C16H18N2O4/c1-18(15-6-4-5-14(17-15)16(19)20)10-11-7-12(21-2)9-13(8-11)22-3/h4-9H,10H2,1-3H3,(H,19,20). The van der Waals surface area contributed by atoms with E-state index < -0.39 is 5.97 Å². The van der Waals surface area contributed by atoms with E-state index in [0.29, 0.717) is 23.9 Å². The molecule has 116 valence electrons. The minimum atomic E-state index is -1.04. The van der Waals surface area contributed by atoms with Crippen LogP contribution in [-0.2, 0) is 6.54 Å². The smallest absolute Gasteiger partial charge is 0.354 e. The number of aromatic carboxylic acids is 1. The number of aromatic nitrogens is 1. The van der Waals surface area contributed by atoms with Gasteiger partial charge in [0.05, 0.1) is 14.2 Å². The van der Waals surface area contributed by atoms with Crippen molar-refractivity contribution in [3.8, 4) is 11.5 Å². The number of ether oxygens (including phenoxy) is 2. The Balaban J connectivity index is 2.23. The molecule has 0 aliphatic rings. The molecule has 0 unspecified atom stereocenters. The van der Waals surface area contributed by atoms with Crippen LogP contribution in [0.4, 0.5) is 5.82 Å². The molecular weight excluding hydrogens is 284 g/mol. The quantitative estimate of drug-likeness (QED) is 0.883. The molecule has 1 N–H and O–H groups in total. The molecular formula is C16H18N2O4. The van der Waals surface area contributed by atoms with E-state index in [1.54, 1.807) is 32.4 Å². The lowest BCUT2D eigenvalue weighted by Crippen LogP contribution is -2.18. The van der Waals surface area contributed by atoms with Crippen LogP contribution in [0.15, 0.2) is 36.4 Å². The first kappa shape index (κ1) is 15.6. The Kier molecular flexibility index (Phi) is 4.83. The molecule has 0 aliphatic carbocycles. The van der Waals surface area contributed by atoms with Crippen LogP contribution in [0.3, 0.4) is 0 Å². The normalized spacial score (nSPS) is 10.1. The fourth-order valence-corrected chi connectivity index (χ4v) is 2.07. The summed E-state index contributed by atoms with van der Waals surface area (Å²) in [6.07, 6.45) is 0. The summed E-state index contributed by atoms with van der Waals surface area (Å²) < 4.78 is 10.5. The summed E-state index contributed by atoms with van der Waals surface area (Å²) in [5.74, 6) is 0.949. The second-order valence-corrected chi connectivity index (χ2v) is 4.76. The predicted molar refractivity (Wildman–Crippen MR) is 82.8 cm³/mol. The van der Waals surface area contributed by atoms with E-state index in [-0.39, 0.29) is 5.69 Å². The molecule has 22 heavy (non-hydrogen) atoms. The van der Waals surface area contributed by atoms with Gasteiger partial charge >= 0.3 is 5.97 Å². The molecule has 0 saturated carbocycles. The number of hydrogen-bond donors (Lipinski definition) is 1. The van der Waals surface area contributed by atoms with Gasteiger partial charge in [-0.05, 0) is 29.8 Å². The van der Waals surface area contributed by atoms with Crippen molar-refractivity contribution >= 4 is 11.8 Å². The third-order valence-electron chi connectivity index (χ3n) is 3.18.